The molecule has 0 N–H and O–H groups in total. The molecule has 0 radical (unpaired) electrons. The summed E-state index contributed by atoms with van der Waals surface area (Å²) in [4.78, 5) is 21.4. The highest BCUT2D eigenvalue weighted by molar-refractivity contribution is 7.93. The van der Waals surface area contributed by atoms with Gasteiger partial charge in [0.1, 0.15) is 11.6 Å². The quantitative estimate of drug-likeness (QED) is 0.705. The minimum atomic E-state index is -3.39. The van der Waals surface area contributed by atoms with Crippen LogP contribution in [0.1, 0.15) is 46.7 Å². The fraction of sp³-hybridized carbons (Fsp3) is 0.478. The highest BCUT2D eigenvalue weighted by Crippen LogP contribution is 2.40. The summed E-state index contributed by atoms with van der Waals surface area (Å²) in [6.45, 7) is 4.63. The van der Waals surface area contributed by atoms with Crippen LogP contribution in [0.3, 0.4) is 0 Å². The molecule has 170 valence electrons. The number of hydrogen-bond acceptors (Lipinski definition) is 5. The first-order chi connectivity index (χ1) is 15.3. The van der Waals surface area contributed by atoms with Crippen molar-refractivity contribution in [3.8, 4) is 0 Å². The lowest BCUT2D eigenvalue weighted by Crippen LogP contribution is -2.49. The fourth-order valence-corrected chi connectivity index (χ4v) is 6.17. The van der Waals surface area contributed by atoms with Gasteiger partial charge in [0.15, 0.2) is 0 Å². The molecule has 2 aliphatic heterocycles. The zero-order valence-electron chi connectivity index (χ0n) is 18.1. The van der Waals surface area contributed by atoms with E-state index in [1.807, 2.05) is 6.20 Å². The van der Waals surface area contributed by atoms with Gasteiger partial charge in [0.25, 0.3) is 5.91 Å². The summed E-state index contributed by atoms with van der Waals surface area (Å²) in [5.41, 5.74) is 2.70. The zero-order valence-corrected chi connectivity index (χ0v) is 18.9. The van der Waals surface area contributed by atoms with E-state index in [1.54, 1.807) is 4.90 Å². The number of aryl methyl sites for hydroxylation is 1. The molecule has 1 aliphatic carbocycles. The molecule has 3 heterocycles. The maximum absolute atomic E-state index is 14.8. The van der Waals surface area contributed by atoms with Crippen LogP contribution in [0.2, 0.25) is 0 Å². The second-order valence-electron chi connectivity index (χ2n) is 8.87. The molecule has 3 fully saturated rings. The second-order valence-corrected chi connectivity index (χ2v) is 10.9. The van der Waals surface area contributed by atoms with Crippen molar-refractivity contribution < 1.29 is 17.6 Å². The largest absolute Gasteiger partial charge is 0.353 e. The number of benzene rings is 1. The topological polar surface area (TPSA) is 73.8 Å². The number of carbonyl (C=O) groups is 1. The van der Waals surface area contributed by atoms with Crippen LogP contribution in [0.4, 0.5) is 15.9 Å². The first-order valence-corrected chi connectivity index (χ1v) is 12.7. The molecule has 7 nitrogen and oxygen atoms in total. The highest BCUT2D eigenvalue weighted by Gasteiger charge is 2.31. The number of halogens is 1. The number of hydrogen-bond donors (Lipinski definition) is 0. The molecule has 3 aliphatic rings. The Hall–Kier alpha value is -2.68. The summed E-state index contributed by atoms with van der Waals surface area (Å²) >= 11 is 0. The second kappa shape index (κ2) is 8.03. The monoisotopic (exact) mass is 458 g/mol. The molecule has 9 heteroatoms. The van der Waals surface area contributed by atoms with Crippen LogP contribution in [-0.4, -0.2) is 62.7 Å². The molecule has 32 heavy (non-hydrogen) atoms. The van der Waals surface area contributed by atoms with Crippen molar-refractivity contribution in [1.82, 2.24) is 9.88 Å². The summed E-state index contributed by atoms with van der Waals surface area (Å²) in [6.07, 6.45) is 4.97. The summed E-state index contributed by atoms with van der Waals surface area (Å²) in [5, 5.41) is 0. The van der Waals surface area contributed by atoms with E-state index in [4.69, 9.17) is 0 Å². The molecule has 2 saturated heterocycles. The molecule has 0 unspecified atom stereocenters. The number of anilines is 2. The Morgan fingerprint density at radius 1 is 1.09 bits per heavy atom. The molecule has 0 bridgehead atoms. The molecule has 5 rings (SSSR count). The Kier molecular flexibility index (Phi) is 5.31. The number of amides is 1. The van der Waals surface area contributed by atoms with Crippen molar-refractivity contribution in [3.63, 3.8) is 0 Å². The molecule has 2 aromatic rings. The van der Waals surface area contributed by atoms with Crippen molar-refractivity contribution in [1.29, 1.82) is 0 Å². The minimum absolute atomic E-state index is 0.0260. The Bertz CT molecular complexity index is 1160. The summed E-state index contributed by atoms with van der Waals surface area (Å²) in [7, 11) is -3.39. The Labute approximate surface area is 187 Å². The lowest BCUT2D eigenvalue weighted by Gasteiger charge is -2.36. The third kappa shape index (κ3) is 3.94. The smallest absolute Gasteiger partial charge is 0.256 e. The third-order valence-corrected chi connectivity index (χ3v) is 8.43. The number of piperazine rings is 1. The van der Waals surface area contributed by atoms with Crippen molar-refractivity contribution in [2.24, 2.45) is 0 Å². The van der Waals surface area contributed by atoms with Gasteiger partial charge in [-0.2, -0.15) is 0 Å². The normalized spacial score (nSPS) is 20.6. The van der Waals surface area contributed by atoms with E-state index in [0.29, 0.717) is 45.1 Å². The van der Waals surface area contributed by atoms with E-state index < -0.39 is 15.8 Å². The number of nitrogens with zero attached hydrogens (tertiary/aromatic N) is 4. The molecule has 0 spiro atoms. The van der Waals surface area contributed by atoms with Crippen molar-refractivity contribution in [2.45, 2.75) is 32.1 Å². The predicted octanol–water partition coefficient (Wildman–Crippen LogP) is 2.91. The minimum Gasteiger partial charge on any atom is -0.353 e. The molecular formula is C23H27FN4O3S. The van der Waals surface area contributed by atoms with Gasteiger partial charge in [-0.3, -0.25) is 9.10 Å². The predicted molar refractivity (Wildman–Crippen MR) is 121 cm³/mol. The average Bonchev–Trinajstić information content (AvgIpc) is 3.56. The SMILES string of the molecule is Cc1cc(C2CC2)cnc1N1CCN(C(=O)c2ccc(N3CCCS3(=O)=O)cc2F)CC1. The molecule has 0 atom stereocenters. The first-order valence-electron chi connectivity index (χ1n) is 11.1. The van der Waals surface area contributed by atoms with Crippen LogP contribution in [-0.2, 0) is 10.0 Å². The summed E-state index contributed by atoms with van der Waals surface area (Å²) in [5.74, 6) is 0.620. The van der Waals surface area contributed by atoms with E-state index in [2.05, 4.69) is 22.9 Å². The number of aromatic nitrogens is 1. The fourth-order valence-electron chi connectivity index (χ4n) is 4.61. The number of rotatable bonds is 4. The zero-order chi connectivity index (χ0) is 22.5. The van der Waals surface area contributed by atoms with Crippen LogP contribution >= 0.6 is 0 Å². The Balaban J connectivity index is 1.25. The lowest BCUT2D eigenvalue weighted by molar-refractivity contribution is 0.0742. The van der Waals surface area contributed by atoms with Gasteiger partial charge >= 0.3 is 0 Å². The van der Waals surface area contributed by atoms with Gasteiger partial charge < -0.3 is 9.80 Å². The molecule has 1 amide bonds. The van der Waals surface area contributed by atoms with Gasteiger partial charge in [0.2, 0.25) is 10.0 Å². The lowest BCUT2D eigenvalue weighted by atomic mass is 10.1. The van der Waals surface area contributed by atoms with E-state index in [-0.39, 0.29) is 22.9 Å². The van der Waals surface area contributed by atoms with Crippen molar-refractivity contribution in [2.75, 3.05) is 47.7 Å². The highest BCUT2D eigenvalue weighted by atomic mass is 32.2. The van der Waals surface area contributed by atoms with Gasteiger partial charge in [-0.15, -0.1) is 0 Å². The summed E-state index contributed by atoms with van der Waals surface area (Å²) < 4.78 is 40.2. The summed E-state index contributed by atoms with van der Waals surface area (Å²) in [6, 6.07) is 6.29. The van der Waals surface area contributed by atoms with Gasteiger partial charge in [-0.25, -0.2) is 17.8 Å². The first kappa shape index (κ1) is 21.2. The van der Waals surface area contributed by atoms with Crippen LogP contribution < -0.4 is 9.21 Å². The van der Waals surface area contributed by atoms with Gasteiger partial charge in [0, 0.05) is 38.9 Å². The van der Waals surface area contributed by atoms with Crippen LogP contribution in [0.15, 0.2) is 30.5 Å². The van der Waals surface area contributed by atoms with Crippen molar-refractivity contribution >= 4 is 27.4 Å². The molecular weight excluding hydrogens is 431 g/mol. The van der Waals surface area contributed by atoms with Crippen molar-refractivity contribution in [3.05, 3.63) is 53.0 Å². The molecule has 1 aromatic heterocycles. The average molecular weight is 459 g/mol. The van der Waals surface area contributed by atoms with Crippen LogP contribution in [0.5, 0.6) is 0 Å². The number of carbonyl (C=O) groups excluding carboxylic acids is 1. The van der Waals surface area contributed by atoms with Crippen LogP contribution in [0, 0.1) is 12.7 Å². The van der Waals surface area contributed by atoms with E-state index in [9.17, 15) is 17.6 Å². The van der Waals surface area contributed by atoms with Gasteiger partial charge in [0.05, 0.1) is 17.0 Å². The van der Waals surface area contributed by atoms with Gasteiger partial charge in [-0.05, 0) is 61.4 Å². The Morgan fingerprint density at radius 3 is 2.44 bits per heavy atom. The molecule has 1 saturated carbocycles. The van der Waals surface area contributed by atoms with Gasteiger partial charge in [-0.1, -0.05) is 6.07 Å². The maximum atomic E-state index is 14.8. The maximum Gasteiger partial charge on any atom is 0.256 e. The van der Waals surface area contributed by atoms with E-state index >= 15 is 0 Å². The Morgan fingerprint density at radius 2 is 1.84 bits per heavy atom. The van der Waals surface area contributed by atoms with E-state index in [0.717, 1.165) is 17.4 Å². The molecule has 1 aromatic carbocycles. The van der Waals surface area contributed by atoms with E-state index in [1.165, 1.54) is 34.8 Å². The number of pyridine rings is 1. The number of sulfonamides is 1. The van der Waals surface area contributed by atoms with Crippen LogP contribution in [0.25, 0.3) is 0 Å². The standard InChI is InChI=1S/C23H27FN4O3S/c1-16-13-18(17-3-4-17)15-25-22(16)26-8-10-27(11-9-26)23(29)20-6-5-19(14-21(20)24)28-7-2-12-32(28,30)31/h5-6,13-15,17H,2-4,7-12H2,1H3. The third-order valence-electron chi connectivity index (χ3n) is 6.56.